The van der Waals surface area contributed by atoms with Crippen molar-refractivity contribution < 1.29 is 14.3 Å². The van der Waals surface area contributed by atoms with E-state index < -0.39 is 6.09 Å². The molecule has 1 amide bonds. The van der Waals surface area contributed by atoms with Gasteiger partial charge in [0.2, 0.25) is 0 Å². The summed E-state index contributed by atoms with van der Waals surface area (Å²) in [6.07, 6.45) is 3.94. The Balaban J connectivity index is 1.57. The van der Waals surface area contributed by atoms with E-state index >= 15 is 0 Å². The van der Waals surface area contributed by atoms with Crippen LogP contribution in [0.4, 0.5) is 10.5 Å². The van der Waals surface area contributed by atoms with Crippen LogP contribution >= 0.6 is 0 Å². The first kappa shape index (κ1) is 14.2. The molecule has 1 aromatic carbocycles. The second-order valence-corrected chi connectivity index (χ2v) is 5.87. The largest absolute Gasteiger partial charge is 0.495 e. The topological polar surface area (TPSA) is 50.8 Å². The van der Waals surface area contributed by atoms with E-state index in [4.69, 9.17) is 9.47 Å². The quantitative estimate of drug-likeness (QED) is 0.930. The van der Waals surface area contributed by atoms with E-state index in [9.17, 15) is 4.79 Å². The molecule has 0 spiro atoms. The Kier molecular flexibility index (Phi) is 4.01. The van der Waals surface area contributed by atoms with Gasteiger partial charge in [-0.2, -0.15) is 0 Å². The number of nitrogens with one attached hydrogen (secondary N) is 1. The molecular formula is C16H22N2O3. The number of benzene rings is 1. The molecule has 5 nitrogen and oxygen atoms in total. The van der Waals surface area contributed by atoms with Crippen LogP contribution in [-0.2, 0) is 4.74 Å². The zero-order valence-corrected chi connectivity index (χ0v) is 12.5. The minimum Gasteiger partial charge on any atom is -0.495 e. The Morgan fingerprint density at radius 1 is 1.24 bits per heavy atom. The lowest BCUT2D eigenvalue weighted by molar-refractivity contribution is 0.0348. The standard InChI is InChI=1S/C16H22N2O3/c1-18-11-7-8-12(18)10-13(9-11)21-16(19)17-14-5-3-4-6-15(14)20-2/h3-6,11-13H,7-10H2,1-2H3,(H,17,19)/t11-,12+,13?. The molecule has 0 aromatic heterocycles. The van der Waals surface area contributed by atoms with E-state index in [0.717, 1.165) is 12.8 Å². The van der Waals surface area contributed by atoms with Crippen LogP contribution in [0.1, 0.15) is 25.7 Å². The molecule has 21 heavy (non-hydrogen) atoms. The number of piperidine rings is 1. The molecule has 0 radical (unpaired) electrons. The van der Waals surface area contributed by atoms with Crippen LogP contribution in [0.15, 0.2) is 24.3 Å². The SMILES string of the molecule is COc1ccccc1NC(=O)OC1C[C@H]2CC[C@@H](C1)N2C. The predicted molar refractivity (Wildman–Crippen MR) is 80.7 cm³/mol. The normalized spacial score (nSPS) is 28.2. The van der Waals surface area contributed by atoms with Gasteiger partial charge in [0.05, 0.1) is 12.8 Å². The molecule has 5 heteroatoms. The zero-order chi connectivity index (χ0) is 14.8. The number of anilines is 1. The molecule has 3 atom stereocenters. The van der Waals surface area contributed by atoms with Gasteiger partial charge in [0.1, 0.15) is 11.9 Å². The highest BCUT2D eigenvalue weighted by Gasteiger charge is 2.39. The molecule has 2 aliphatic heterocycles. The van der Waals surface area contributed by atoms with E-state index in [-0.39, 0.29) is 6.10 Å². The summed E-state index contributed by atoms with van der Waals surface area (Å²) in [5.41, 5.74) is 0.640. The molecule has 0 aliphatic carbocycles. The fraction of sp³-hybridized carbons (Fsp3) is 0.562. The number of rotatable bonds is 3. The number of para-hydroxylation sites is 2. The lowest BCUT2D eigenvalue weighted by Gasteiger charge is -2.35. The van der Waals surface area contributed by atoms with Crippen LogP contribution in [0.25, 0.3) is 0 Å². The Bertz CT molecular complexity index is 506. The molecule has 2 fully saturated rings. The van der Waals surface area contributed by atoms with E-state index in [1.165, 1.54) is 12.8 Å². The van der Waals surface area contributed by atoms with Gasteiger partial charge in [-0.3, -0.25) is 5.32 Å². The van der Waals surface area contributed by atoms with Crippen molar-refractivity contribution in [2.24, 2.45) is 0 Å². The highest BCUT2D eigenvalue weighted by molar-refractivity contribution is 5.86. The molecule has 2 heterocycles. The van der Waals surface area contributed by atoms with Gasteiger partial charge in [-0.05, 0) is 32.0 Å². The third kappa shape index (κ3) is 2.97. The van der Waals surface area contributed by atoms with Gasteiger partial charge < -0.3 is 14.4 Å². The highest BCUT2D eigenvalue weighted by atomic mass is 16.6. The monoisotopic (exact) mass is 290 g/mol. The van der Waals surface area contributed by atoms with Crippen LogP contribution < -0.4 is 10.1 Å². The van der Waals surface area contributed by atoms with Gasteiger partial charge >= 0.3 is 6.09 Å². The first-order valence-electron chi connectivity index (χ1n) is 7.50. The van der Waals surface area contributed by atoms with Gasteiger partial charge in [0, 0.05) is 24.9 Å². The fourth-order valence-electron chi connectivity index (χ4n) is 3.50. The summed E-state index contributed by atoms with van der Waals surface area (Å²) >= 11 is 0. The minimum atomic E-state index is -0.395. The van der Waals surface area contributed by atoms with Crippen LogP contribution in [0.2, 0.25) is 0 Å². The number of hydrogen-bond donors (Lipinski definition) is 1. The third-order valence-electron chi connectivity index (χ3n) is 4.67. The first-order valence-corrected chi connectivity index (χ1v) is 7.50. The number of amides is 1. The Morgan fingerprint density at radius 2 is 1.90 bits per heavy atom. The molecule has 0 saturated carbocycles. The highest BCUT2D eigenvalue weighted by Crippen LogP contribution is 2.35. The average Bonchev–Trinajstić information content (AvgIpc) is 2.70. The van der Waals surface area contributed by atoms with Crippen molar-refractivity contribution >= 4 is 11.8 Å². The van der Waals surface area contributed by atoms with Crippen LogP contribution in [0.5, 0.6) is 5.75 Å². The summed E-state index contributed by atoms with van der Waals surface area (Å²) in [4.78, 5) is 14.5. The second kappa shape index (κ2) is 5.93. The van der Waals surface area contributed by atoms with Crippen molar-refractivity contribution in [3.8, 4) is 5.75 Å². The van der Waals surface area contributed by atoms with Crippen molar-refractivity contribution in [2.75, 3.05) is 19.5 Å². The number of carbonyl (C=O) groups excluding carboxylic acids is 1. The molecule has 1 unspecified atom stereocenters. The van der Waals surface area contributed by atoms with Crippen LogP contribution in [0.3, 0.4) is 0 Å². The van der Waals surface area contributed by atoms with Gasteiger partial charge in [-0.1, -0.05) is 12.1 Å². The molecule has 3 rings (SSSR count). The molecule has 2 bridgehead atoms. The Morgan fingerprint density at radius 3 is 2.57 bits per heavy atom. The van der Waals surface area contributed by atoms with Gasteiger partial charge in [0.15, 0.2) is 0 Å². The Hall–Kier alpha value is -1.75. The lowest BCUT2D eigenvalue weighted by Crippen LogP contribution is -2.43. The minimum absolute atomic E-state index is 0.0217. The zero-order valence-electron chi connectivity index (χ0n) is 12.5. The maximum atomic E-state index is 12.1. The number of methoxy groups -OCH3 is 1. The van der Waals surface area contributed by atoms with Crippen LogP contribution in [-0.4, -0.2) is 43.3 Å². The Labute approximate surface area is 125 Å². The summed E-state index contributed by atoms with van der Waals surface area (Å²) in [6.45, 7) is 0. The average molecular weight is 290 g/mol. The molecule has 114 valence electrons. The van der Waals surface area contributed by atoms with Gasteiger partial charge in [-0.25, -0.2) is 4.79 Å². The molecule has 2 saturated heterocycles. The van der Waals surface area contributed by atoms with E-state index in [0.29, 0.717) is 23.5 Å². The molecule has 1 N–H and O–H groups in total. The van der Waals surface area contributed by atoms with Crippen LogP contribution in [0, 0.1) is 0 Å². The fourth-order valence-corrected chi connectivity index (χ4v) is 3.50. The maximum Gasteiger partial charge on any atom is 0.412 e. The first-order chi connectivity index (χ1) is 10.2. The molecular weight excluding hydrogens is 268 g/mol. The third-order valence-corrected chi connectivity index (χ3v) is 4.67. The number of fused-ring (bicyclic) bond motifs is 2. The summed E-state index contributed by atoms with van der Waals surface area (Å²) in [5.74, 6) is 0.637. The summed E-state index contributed by atoms with van der Waals surface area (Å²) < 4.78 is 10.8. The number of nitrogens with zero attached hydrogens (tertiary/aromatic N) is 1. The van der Waals surface area contributed by atoms with Crippen molar-refractivity contribution in [1.82, 2.24) is 4.90 Å². The van der Waals surface area contributed by atoms with E-state index in [1.807, 2.05) is 18.2 Å². The number of ether oxygens (including phenoxy) is 2. The lowest BCUT2D eigenvalue weighted by atomic mass is 10.0. The van der Waals surface area contributed by atoms with Crippen molar-refractivity contribution in [3.05, 3.63) is 24.3 Å². The van der Waals surface area contributed by atoms with Crippen molar-refractivity contribution in [1.29, 1.82) is 0 Å². The smallest absolute Gasteiger partial charge is 0.412 e. The number of hydrogen-bond acceptors (Lipinski definition) is 4. The van der Waals surface area contributed by atoms with Crippen molar-refractivity contribution in [2.45, 2.75) is 43.9 Å². The number of carbonyl (C=O) groups is 1. The van der Waals surface area contributed by atoms with E-state index in [1.54, 1.807) is 13.2 Å². The van der Waals surface area contributed by atoms with Crippen molar-refractivity contribution in [3.63, 3.8) is 0 Å². The second-order valence-electron chi connectivity index (χ2n) is 5.87. The van der Waals surface area contributed by atoms with Gasteiger partial charge in [0.25, 0.3) is 0 Å². The maximum absolute atomic E-state index is 12.1. The molecule has 2 aliphatic rings. The summed E-state index contributed by atoms with van der Waals surface area (Å²) in [7, 11) is 3.76. The summed E-state index contributed by atoms with van der Waals surface area (Å²) in [6, 6.07) is 8.46. The van der Waals surface area contributed by atoms with E-state index in [2.05, 4.69) is 17.3 Å². The molecule has 1 aromatic rings. The summed E-state index contributed by atoms with van der Waals surface area (Å²) in [5, 5.41) is 2.77. The van der Waals surface area contributed by atoms with Gasteiger partial charge in [-0.15, -0.1) is 0 Å². The predicted octanol–water partition coefficient (Wildman–Crippen LogP) is 2.87.